The molecule has 0 saturated heterocycles. The van der Waals surface area contributed by atoms with E-state index in [4.69, 9.17) is 10.2 Å². The number of hydrogen-bond donors (Lipinski definition) is 2. The van der Waals surface area contributed by atoms with Crippen LogP contribution in [0, 0.1) is 0 Å². The van der Waals surface area contributed by atoms with E-state index in [9.17, 15) is 4.79 Å². The van der Waals surface area contributed by atoms with E-state index in [0.29, 0.717) is 11.6 Å². The minimum absolute atomic E-state index is 0.183. The summed E-state index contributed by atoms with van der Waals surface area (Å²) in [5, 5.41) is 2.88. The molecule has 3 N–H and O–H groups in total. The molecule has 1 heterocycles. The molecule has 0 aliphatic heterocycles. The number of carbonyl (C=O) groups is 1. The van der Waals surface area contributed by atoms with E-state index in [1.165, 1.54) is 6.26 Å². The summed E-state index contributed by atoms with van der Waals surface area (Å²) in [7, 11) is 0. The van der Waals surface area contributed by atoms with Gasteiger partial charge in [0, 0.05) is 6.04 Å². The SMILES string of the molecule is CCC(CC)NC(=O)c1coc(C(C)N)n1. The first-order valence-corrected chi connectivity index (χ1v) is 5.60. The molecule has 0 aromatic carbocycles. The van der Waals surface area contributed by atoms with Crippen molar-refractivity contribution in [2.75, 3.05) is 0 Å². The van der Waals surface area contributed by atoms with Gasteiger partial charge >= 0.3 is 0 Å². The van der Waals surface area contributed by atoms with Gasteiger partial charge < -0.3 is 15.5 Å². The fourth-order valence-corrected chi connectivity index (χ4v) is 1.35. The van der Waals surface area contributed by atoms with E-state index in [1.54, 1.807) is 6.92 Å². The van der Waals surface area contributed by atoms with Crippen LogP contribution >= 0.6 is 0 Å². The Hall–Kier alpha value is -1.36. The predicted octanol–water partition coefficient (Wildman–Crippen LogP) is 1.61. The van der Waals surface area contributed by atoms with Gasteiger partial charge in [0.15, 0.2) is 5.69 Å². The Morgan fingerprint density at radius 3 is 2.62 bits per heavy atom. The highest BCUT2D eigenvalue weighted by atomic mass is 16.3. The summed E-state index contributed by atoms with van der Waals surface area (Å²) < 4.78 is 5.10. The first kappa shape index (κ1) is 12.7. The molecule has 0 spiro atoms. The fraction of sp³-hybridized carbons (Fsp3) is 0.636. The van der Waals surface area contributed by atoms with E-state index in [-0.39, 0.29) is 18.0 Å². The third kappa shape index (κ3) is 3.06. The Bertz CT molecular complexity index is 343. The molecule has 0 radical (unpaired) electrons. The molecule has 1 rings (SSSR count). The summed E-state index contributed by atoms with van der Waals surface area (Å²) in [5.74, 6) is 0.180. The van der Waals surface area contributed by atoms with E-state index >= 15 is 0 Å². The molecular weight excluding hydrogens is 206 g/mol. The van der Waals surface area contributed by atoms with E-state index in [1.807, 2.05) is 13.8 Å². The topological polar surface area (TPSA) is 81.2 Å². The van der Waals surface area contributed by atoms with Gasteiger partial charge in [0.2, 0.25) is 5.89 Å². The summed E-state index contributed by atoms with van der Waals surface area (Å²) in [5.41, 5.74) is 5.88. The van der Waals surface area contributed by atoms with Crippen LogP contribution in [0.15, 0.2) is 10.7 Å². The normalized spacial score (nSPS) is 12.8. The van der Waals surface area contributed by atoms with Gasteiger partial charge in [-0.25, -0.2) is 4.98 Å². The number of oxazole rings is 1. The van der Waals surface area contributed by atoms with Gasteiger partial charge in [-0.3, -0.25) is 4.79 Å². The first-order chi connectivity index (χ1) is 7.58. The lowest BCUT2D eigenvalue weighted by Crippen LogP contribution is -2.34. The van der Waals surface area contributed by atoms with Crippen LogP contribution in [0.4, 0.5) is 0 Å². The third-order valence-electron chi connectivity index (χ3n) is 2.46. The van der Waals surface area contributed by atoms with Gasteiger partial charge in [0.25, 0.3) is 5.91 Å². The van der Waals surface area contributed by atoms with Gasteiger partial charge in [0.05, 0.1) is 6.04 Å². The zero-order valence-corrected chi connectivity index (χ0v) is 9.99. The summed E-state index contributed by atoms with van der Waals surface area (Å²) in [6, 6.07) is -0.113. The Morgan fingerprint density at radius 2 is 2.19 bits per heavy atom. The predicted molar refractivity (Wildman–Crippen MR) is 60.9 cm³/mol. The van der Waals surface area contributed by atoms with E-state index < -0.39 is 0 Å². The zero-order valence-electron chi connectivity index (χ0n) is 9.99. The standard InChI is InChI=1S/C11H19N3O2/c1-4-8(5-2)13-10(15)9-6-16-11(14-9)7(3)12/h6-8H,4-5,12H2,1-3H3,(H,13,15). The smallest absolute Gasteiger partial charge is 0.273 e. The first-order valence-electron chi connectivity index (χ1n) is 5.60. The maximum absolute atomic E-state index is 11.7. The van der Waals surface area contributed by atoms with E-state index in [0.717, 1.165) is 12.8 Å². The second-order valence-corrected chi connectivity index (χ2v) is 3.85. The molecule has 0 aliphatic carbocycles. The molecule has 1 amide bonds. The van der Waals surface area contributed by atoms with E-state index in [2.05, 4.69) is 10.3 Å². The van der Waals surface area contributed by atoms with Crippen molar-refractivity contribution in [3.63, 3.8) is 0 Å². The van der Waals surface area contributed by atoms with Gasteiger partial charge in [-0.1, -0.05) is 13.8 Å². The molecule has 0 fully saturated rings. The van der Waals surface area contributed by atoms with Crippen molar-refractivity contribution >= 4 is 5.91 Å². The summed E-state index contributed by atoms with van der Waals surface area (Å²) >= 11 is 0. The van der Waals surface area contributed by atoms with Crippen molar-refractivity contribution in [2.24, 2.45) is 5.73 Å². The number of nitrogens with one attached hydrogen (secondary N) is 1. The highest BCUT2D eigenvalue weighted by Gasteiger charge is 2.16. The average Bonchev–Trinajstić information content (AvgIpc) is 2.74. The number of nitrogens with two attached hydrogens (primary N) is 1. The highest BCUT2D eigenvalue weighted by Crippen LogP contribution is 2.09. The van der Waals surface area contributed by atoms with Crippen LogP contribution in [0.5, 0.6) is 0 Å². The lowest BCUT2D eigenvalue weighted by Gasteiger charge is -2.12. The molecule has 1 unspecified atom stereocenters. The van der Waals surface area contributed by atoms with Crippen LogP contribution in [0.3, 0.4) is 0 Å². The maximum atomic E-state index is 11.7. The van der Waals surface area contributed by atoms with Crippen LogP contribution < -0.4 is 11.1 Å². The van der Waals surface area contributed by atoms with Gasteiger partial charge in [0.1, 0.15) is 6.26 Å². The van der Waals surface area contributed by atoms with Crippen LogP contribution in [-0.4, -0.2) is 16.9 Å². The molecule has 16 heavy (non-hydrogen) atoms. The Kier molecular flexibility index (Phi) is 4.49. The zero-order chi connectivity index (χ0) is 12.1. The van der Waals surface area contributed by atoms with Crippen molar-refractivity contribution in [2.45, 2.75) is 45.7 Å². The number of aromatic nitrogens is 1. The van der Waals surface area contributed by atoms with Crippen molar-refractivity contribution in [1.29, 1.82) is 0 Å². The second-order valence-electron chi connectivity index (χ2n) is 3.85. The summed E-state index contributed by atoms with van der Waals surface area (Å²) in [4.78, 5) is 15.8. The number of hydrogen-bond acceptors (Lipinski definition) is 4. The average molecular weight is 225 g/mol. The molecule has 0 bridgehead atoms. The van der Waals surface area contributed by atoms with Gasteiger partial charge in [-0.05, 0) is 19.8 Å². The third-order valence-corrected chi connectivity index (χ3v) is 2.46. The molecular formula is C11H19N3O2. The Labute approximate surface area is 95.4 Å². The van der Waals surface area contributed by atoms with Gasteiger partial charge in [-0.15, -0.1) is 0 Å². The van der Waals surface area contributed by atoms with Gasteiger partial charge in [-0.2, -0.15) is 0 Å². The lowest BCUT2D eigenvalue weighted by atomic mass is 10.2. The largest absolute Gasteiger partial charge is 0.446 e. The summed E-state index contributed by atoms with van der Waals surface area (Å²) in [6.45, 7) is 5.82. The number of amides is 1. The van der Waals surface area contributed by atoms with Crippen LogP contribution in [0.2, 0.25) is 0 Å². The molecule has 5 heteroatoms. The molecule has 0 aliphatic rings. The number of carbonyl (C=O) groups excluding carboxylic acids is 1. The molecule has 5 nitrogen and oxygen atoms in total. The molecule has 0 saturated carbocycles. The van der Waals surface area contributed by atoms with Crippen molar-refractivity contribution < 1.29 is 9.21 Å². The molecule has 90 valence electrons. The number of rotatable bonds is 5. The van der Waals surface area contributed by atoms with Crippen LogP contribution in [0.25, 0.3) is 0 Å². The lowest BCUT2D eigenvalue weighted by molar-refractivity contribution is 0.0929. The van der Waals surface area contributed by atoms with Crippen molar-refractivity contribution in [3.8, 4) is 0 Å². The van der Waals surface area contributed by atoms with Crippen LogP contribution in [-0.2, 0) is 0 Å². The quantitative estimate of drug-likeness (QED) is 0.797. The van der Waals surface area contributed by atoms with Crippen LogP contribution in [0.1, 0.15) is 56.0 Å². The minimum Gasteiger partial charge on any atom is -0.446 e. The maximum Gasteiger partial charge on any atom is 0.273 e. The molecule has 1 aromatic heterocycles. The second kappa shape index (κ2) is 5.65. The molecule has 1 atom stereocenters. The Morgan fingerprint density at radius 1 is 1.56 bits per heavy atom. The minimum atomic E-state index is -0.297. The Balaban J connectivity index is 2.65. The number of nitrogens with zero attached hydrogens (tertiary/aromatic N) is 1. The highest BCUT2D eigenvalue weighted by molar-refractivity contribution is 5.92. The monoisotopic (exact) mass is 225 g/mol. The summed E-state index contributed by atoms with van der Waals surface area (Å²) in [6.07, 6.45) is 3.15. The van der Waals surface area contributed by atoms with Crippen molar-refractivity contribution in [1.82, 2.24) is 10.3 Å². The molecule has 1 aromatic rings. The van der Waals surface area contributed by atoms with Crippen molar-refractivity contribution in [3.05, 3.63) is 17.8 Å². The fourth-order valence-electron chi connectivity index (χ4n) is 1.35.